The first-order valence-electron chi connectivity index (χ1n) is 7.59. The molecule has 3 N–H and O–H groups in total. The number of nitrogens with one attached hydrogen (secondary N) is 2. The smallest absolute Gasteiger partial charge is 0.315 e. The molecule has 1 saturated carbocycles. The van der Waals surface area contributed by atoms with Crippen molar-refractivity contribution in [2.75, 3.05) is 13.7 Å². The van der Waals surface area contributed by atoms with Crippen LogP contribution in [0.4, 0.5) is 13.6 Å². The van der Waals surface area contributed by atoms with Crippen molar-refractivity contribution in [2.45, 2.75) is 43.9 Å². The lowest BCUT2D eigenvalue weighted by atomic mass is 9.80. The van der Waals surface area contributed by atoms with Gasteiger partial charge < -0.3 is 20.5 Å². The topological polar surface area (TPSA) is 70.6 Å². The summed E-state index contributed by atoms with van der Waals surface area (Å²) in [4.78, 5) is 11.9. The van der Waals surface area contributed by atoms with Crippen LogP contribution in [0.25, 0.3) is 0 Å². The number of carbonyl (C=O) groups excluding carboxylic acids is 1. The van der Waals surface area contributed by atoms with Crippen LogP contribution in [0.2, 0.25) is 0 Å². The number of aliphatic hydroxyl groups excluding tert-OH is 1. The van der Waals surface area contributed by atoms with E-state index >= 15 is 0 Å². The monoisotopic (exact) mass is 328 g/mol. The summed E-state index contributed by atoms with van der Waals surface area (Å²) in [5, 5.41) is 15.4. The Hall–Kier alpha value is -1.73. The van der Waals surface area contributed by atoms with Crippen LogP contribution in [0.15, 0.2) is 18.2 Å². The zero-order valence-electron chi connectivity index (χ0n) is 13.2. The van der Waals surface area contributed by atoms with Gasteiger partial charge >= 0.3 is 6.03 Å². The van der Waals surface area contributed by atoms with Gasteiger partial charge in [-0.2, -0.15) is 0 Å². The molecule has 0 aromatic heterocycles. The molecule has 23 heavy (non-hydrogen) atoms. The van der Waals surface area contributed by atoms with E-state index < -0.39 is 29.8 Å². The van der Waals surface area contributed by atoms with Gasteiger partial charge in [-0.3, -0.25) is 0 Å². The SMILES string of the molecule is COC1(CNC(=O)NC(C)C(O)c2ccc(F)c(F)c2)CCC1. The van der Waals surface area contributed by atoms with Crippen LogP contribution in [0, 0.1) is 11.6 Å². The minimum absolute atomic E-state index is 0.198. The van der Waals surface area contributed by atoms with Crippen LogP contribution in [0.1, 0.15) is 37.9 Å². The predicted octanol–water partition coefficient (Wildman–Crippen LogP) is 2.26. The van der Waals surface area contributed by atoms with E-state index in [1.165, 1.54) is 6.07 Å². The molecule has 0 spiro atoms. The van der Waals surface area contributed by atoms with Crippen molar-refractivity contribution in [2.24, 2.45) is 0 Å². The Morgan fingerprint density at radius 2 is 2.09 bits per heavy atom. The fourth-order valence-electron chi connectivity index (χ4n) is 2.59. The number of carbonyl (C=O) groups is 1. The van der Waals surface area contributed by atoms with Crippen LogP contribution < -0.4 is 10.6 Å². The number of benzene rings is 1. The Morgan fingerprint density at radius 1 is 1.39 bits per heavy atom. The molecule has 128 valence electrons. The fraction of sp³-hybridized carbons (Fsp3) is 0.562. The van der Waals surface area contributed by atoms with E-state index in [1.54, 1.807) is 14.0 Å². The standard InChI is InChI=1S/C16H22F2N2O3/c1-10(14(21)11-4-5-12(17)13(18)8-11)20-15(22)19-9-16(23-2)6-3-7-16/h4-5,8,10,14,21H,3,6-7,9H2,1-2H3,(H2,19,20,22). The second-order valence-corrected chi connectivity index (χ2v) is 5.97. The number of hydrogen-bond donors (Lipinski definition) is 3. The third kappa shape index (κ3) is 4.17. The molecule has 5 nitrogen and oxygen atoms in total. The van der Waals surface area contributed by atoms with Gasteiger partial charge in [-0.25, -0.2) is 13.6 Å². The molecule has 1 aromatic carbocycles. The molecule has 1 aliphatic carbocycles. The highest BCUT2D eigenvalue weighted by molar-refractivity contribution is 5.74. The highest BCUT2D eigenvalue weighted by atomic mass is 19.2. The summed E-state index contributed by atoms with van der Waals surface area (Å²) >= 11 is 0. The zero-order valence-corrected chi connectivity index (χ0v) is 13.2. The maximum Gasteiger partial charge on any atom is 0.315 e. The molecule has 2 unspecified atom stereocenters. The summed E-state index contributed by atoms with van der Waals surface area (Å²) in [5.41, 5.74) is -0.0942. The minimum Gasteiger partial charge on any atom is -0.386 e. The number of rotatable bonds is 6. The quantitative estimate of drug-likeness (QED) is 0.750. The van der Waals surface area contributed by atoms with Gasteiger partial charge in [0.2, 0.25) is 0 Å². The van der Waals surface area contributed by atoms with Crippen molar-refractivity contribution >= 4 is 6.03 Å². The molecule has 1 fully saturated rings. The molecule has 2 amide bonds. The van der Waals surface area contributed by atoms with Gasteiger partial charge in [0.15, 0.2) is 11.6 Å². The van der Waals surface area contributed by atoms with Crippen LogP contribution in [0.5, 0.6) is 0 Å². The van der Waals surface area contributed by atoms with E-state index in [4.69, 9.17) is 4.74 Å². The molecule has 2 atom stereocenters. The highest BCUT2D eigenvalue weighted by Crippen LogP contribution is 2.34. The van der Waals surface area contributed by atoms with E-state index in [1.807, 2.05) is 0 Å². The lowest BCUT2D eigenvalue weighted by Crippen LogP contribution is -2.52. The first-order chi connectivity index (χ1) is 10.9. The first-order valence-corrected chi connectivity index (χ1v) is 7.59. The molecule has 1 aliphatic rings. The molecular formula is C16H22F2N2O3. The number of methoxy groups -OCH3 is 1. The second kappa shape index (κ2) is 7.23. The minimum atomic E-state index is -1.14. The number of hydrogen-bond acceptors (Lipinski definition) is 3. The van der Waals surface area contributed by atoms with Crippen LogP contribution >= 0.6 is 0 Å². The average Bonchev–Trinajstić information content (AvgIpc) is 2.48. The Kier molecular flexibility index (Phi) is 5.54. The molecule has 1 aromatic rings. The zero-order chi connectivity index (χ0) is 17.0. The van der Waals surface area contributed by atoms with Crippen molar-refractivity contribution < 1.29 is 23.4 Å². The van der Waals surface area contributed by atoms with Crippen LogP contribution in [-0.2, 0) is 4.74 Å². The predicted molar refractivity (Wildman–Crippen MR) is 80.9 cm³/mol. The van der Waals surface area contributed by atoms with Crippen LogP contribution in [-0.4, -0.2) is 36.4 Å². The van der Waals surface area contributed by atoms with Crippen molar-refractivity contribution in [1.29, 1.82) is 0 Å². The van der Waals surface area contributed by atoms with E-state index in [2.05, 4.69) is 10.6 Å². The number of aliphatic hydroxyl groups is 1. The highest BCUT2D eigenvalue weighted by Gasteiger charge is 2.37. The molecular weight excluding hydrogens is 306 g/mol. The van der Waals surface area contributed by atoms with Crippen molar-refractivity contribution in [1.82, 2.24) is 10.6 Å². The summed E-state index contributed by atoms with van der Waals surface area (Å²) in [7, 11) is 1.62. The van der Waals surface area contributed by atoms with E-state index in [0.717, 1.165) is 31.4 Å². The lowest BCUT2D eigenvalue weighted by molar-refractivity contribution is -0.0674. The Balaban J connectivity index is 1.86. The average molecular weight is 328 g/mol. The Morgan fingerprint density at radius 3 is 2.61 bits per heavy atom. The van der Waals surface area contributed by atoms with Crippen molar-refractivity contribution in [3.8, 4) is 0 Å². The molecule has 2 rings (SSSR count). The van der Waals surface area contributed by atoms with Gasteiger partial charge in [0.1, 0.15) is 0 Å². The summed E-state index contributed by atoms with van der Waals surface area (Å²) < 4.78 is 31.5. The maximum absolute atomic E-state index is 13.2. The lowest BCUT2D eigenvalue weighted by Gasteiger charge is -2.40. The van der Waals surface area contributed by atoms with Gasteiger partial charge in [-0.1, -0.05) is 6.07 Å². The van der Waals surface area contributed by atoms with Crippen LogP contribution in [0.3, 0.4) is 0 Å². The summed E-state index contributed by atoms with van der Waals surface area (Å²) in [5.74, 6) is -2.02. The fourth-order valence-corrected chi connectivity index (χ4v) is 2.59. The van der Waals surface area contributed by atoms with Gasteiger partial charge in [-0.05, 0) is 43.9 Å². The van der Waals surface area contributed by atoms with E-state index in [9.17, 15) is 18.7 Å². The van der Waals surface area contributed by atoms with E-state index in [0.29, 0.717) is 6.54 Å². The summed E-state index contributed by atoms with van der Waals surface area (Å²) in [6, 6.07) is 2.04. The summed E-state index contributed by atoms with van der Waals surface area (Å²) in [6.07, 6.45) is 1.73. The number of halogens is 2. The molecule has 7 heteroatoms. The third-order valence-corrected chi connectivity index (χ3v) is 4.39. The number of amides is 2. The number of urea groups is 1. The number of ether oxygens (including phenoxy) is 1. The van der Waals surface area contributed by atoms with Crippen molar-refractivity contribution in [3.63, 3.8) is 0 Å². The largest absolute Gasteiger partial charge is 0.386 e. The summed E-state index contributed by atoms with van der Waals surface area (Å²) in [6.45, 7) is 1.98. The first kappa shape index (κ1) is 17.6. The molecule has 0 aliphatic heterocycles. The molecule has 0 radical (unpaired) electrons. The Bertz CT molecular complexity index is 559. The molecule has 0 saturated heterocycles. The van der Waals surface area contributed by atoms with Gasteiger partial charge in [-0.15, -0.1) is 0 Å². The van der Waals surface area contributed by atoms with Gasteiger partial charge in [0.25, 0.3) is 0 Å². The molecule has 0 bridgehead atoms. The Labute approximate surface area is 134 Å². The normalized spacial score (nSPS) is 18.7. The van der Waals surface area contributed by atoms with Gasteiger partial charge in [0, 0.05) is 13.7 Å². The maximum atomic E-state index is 13.2. The third-order valence-electron chi connectivity index (χ3n) is 4.39. The molecule has 0 heterocycles. The van der Waals surface area contributed by atoms with E-state index in [-0.39, 0.29) is 11.2 Å². The second-order valence-electron chi connectivity index (χ2n) is 5.97. The van der Waals surface area contributed by atoms with Crippen molar-refractivity contribution in [3.05, 3.63) is 35.4 Å². The van der Waals surface area contributed by atoms with Gasteiger partial charge in [0.05, 0.1) is 17.7 Å².